The molecule has 0 unspecified atom stereocenters. The molecule has 0 atom stereocenters. The minimum Gasteiger partial charge on any atom is -0.379 e. The molecule has 1 aliphatic rings. The molecule has 94 valence electrons. The second-order valence-corrected chi connectivity index (χ2v) is 4.03. The van der Waals surface area contributed by atoms with Crippen molar-refractivity contribution < 1.29 is 9.66 Å². The summed E-state index contributed by atoms with van der Waals surface area (Å²) in [4.78, 5) is 16.6. The molecule has 2 heterocycles. The van der Waals surface area contributed by atoms with Crippen LogP contribution in [0.3, 0.4) is 0 Å². The Balaban J connectivity index is 1.97. The number of ether oxygens (including phenoxy) is 1. The van der Waals surface area contributed by atoms with Gasteiger partial charge in [-0.15, -0.1) is 0 Å². The van der Waals surface area contributed by atoms with E-state index in [1.165, 1.54) is 6.20 Å². The van der Waals surface area contributed by atoms with Gasteiger partial charge in [-0.3, -0.25) is 4.90 Å². The topological polar surface area (TPSA) is 73.4 Å². The molecular formula is C10H16N4O3. The van der Waals surface area contributed by atoms with Gasteiger partial charge in [-0.1, -0.05) is 0 Å². The Kier molecular flexibility index (Phi) is 3.70. The molecule has 0 aliphatic carbocycles. The van der Waals surface area contributed by atoms with Crippen LogP contribution in [0.4, 0.5) is 5.82 Å². The Morgan fingerprint density at radius 3 is 2.82 bits per heavy atom. The molecule has 0 bridgehead atoms. The van der Waals surface area contributed by atoms with Crippen molar-refractivity contribution in [2.24, 2.45) is 0 Å². The average Bonchev–Trinajstić information content (AvgIpc) is 2.69. The van der Waals surface area contributed by atoms with E-state index in [0.29, 0.717) is 12.4 Å². The van der Waals surface area contributed by atoms with E-state index in [1.807, 2.05) is 0 Å². The third-order valence-corrected chi connectivity index (χ3v) is 2.96. The molecule has 0 amide bonds. The third-order valence-electron chi connectivity index (χ3n) is 2.96. The molecule has 2 rings (SSSR count). The molecule has 17 heavy (non-hydrogen) atoms. The molecule has 1 aromatic heterocycles. The number of hydrogen-bond donors (Lipinski definition) is 0. The van der Waals surface area contributed by atoms with Crippen molar-refractivity contribution in [2.75, 3.05) is 32.8 Å². The zero-order valence-electron chi connectivity index (χ0n) is 9.83. The van der Waals surface area contributed by atoms with Crippen molar-refractivity contribution in [1.29, 1.82) is 0 Å². The summed E-state index contributed by atoms with van der Waals surface area (Å²) >= 11 is 0. The summed E-state index contributed by atoms with van der Waals surface area (Å²) in [5, 5.41) is 10.8. The van der Waals surface area contributed by atoms with E-state index >= 15 is 0 Å². The first-order valence-corrected chi connectivity index (χ1v) is 5.65. The SMILES string of the molecule is Cc1ncc([N+](=O)[O-])n1CCN1CCOCC1. The van der Waals surface area contributed by atoms with Gasteiger partial charge >= 0.3 is 5.82 Å². The summed E-state index contributed by atoms with van der Waals surface area (Å²) in [5.41, 5.74) is 0. The number of morpholine rings is 1. The molecule has 1 aromatic rings. The molecule has 0 N–H and O–H groups in total. The molecule has 1 aliphatic heterocycles. The summed E-state index contributed by atoms with van der Waals surface area (Å²) in [5.74, 6) is 0.751. The molecule has 7 nitrogen and oxygen atoms in total. The first-order valence-electron chi connectivity index (χ1n) is 5.65. The van der Waals surface area contributed by atoms with E-state index in [0.717, 1.165) is 32.8 Å². The monoisotopic (exact) mass is 240 g/mol. The van der Waals surface area contributed by atoms with Crippen molar-refractivity contribution in [1.82, 2.24) is 14.5 Å². The summed E-state index contributed by atoms with van der Waals surface area (Å²) in [6, 6.07) is 0. The van der Waals surface area contributed by atoms with Gasteiger partial charge < -0.3 is 14.9 Å². The molecule has 0 aromatic carbocycles. The normalized spacial score (nSPS) is 17.2. The highest BCUT2D eigenvalue weighted by molar-refractivity contribution is 5.18. The lowest BCUT2D eigenvalue weighted by Gasteiger charge is -2.25. The summed E-state index contributed by atoms with van der Waals surface area (Å²) in [7, 11) is 0. The molecule has 1 fully saturated rings. The lowest BCUT2D eigenvalue weighted by Crippen LogP contribution is -2.38. The quantitative estimate of drug-likeness (QED) is 0.563. The zero-order valence-corrected chi connectivity index (χ0v) is 9.83. The minimum absolute atomic E-state index is 0.0655. The maximum atomic E-state index is 10.8. The fraction of sp³-hybridized carbons (Fsp3) is 0.700. The van der Waals surface area contributed by atoms with Crippen LogP contribution < -0.4 is 0 Å². The highest BCUT2D eigenvalue weighted by Gasteiger charge is 2.18. The Morgan fingerprint density at radius 2 is 2.18 bits per heavy atom. The lowest BCUT2D eigenvalue weighted by molar-refractivity contribution is -0.392. The van der Waals surface area contributed by atoms with Crippen LogP contribution in [0.25, 0.3) is 0 Å². The Labute approximate surface area is 99.1 Å². The van der Waals surface area contributed by atoms with Crippen molar-refractivity contribution >= 4 is 5.82 Å². The molecule has 1 saturated heterocycles. The van der Waals surface area contributed by atoms with Gasteiger partial charge in [0, 0.05) is 26.6 Å². The van der Waals surface area contributed by atoms with Gasteiger partial charge in [0.05, 0.1) is 13.2 Å². The van der Waals surface area contributed by atoms with Gasteiger partial charge in [0.25, 0.3) is 0 Å². The summed E-state index contributed by atoms with van der Waals surface area (Å²) < 4.78 is 6.90. The Bertz CT molecular complexity index is 398. The smallest absolute Gasteiger partial charge is 0.342 e. The van der Waals surface area contributed by atoms with Crippen molar-refractivity contribution in [2.45, 2.75) is 13.5 Å². The summed E-state index contributed by atoms with van der Waals surface area (Å²) in [6.07, 6.45) is 1.31. The van der Waals surface area contributed by atoms with Gasteiger partial charge in [-0.25, -0.2) is 9.55 Å². The first kappa shape index (κ1) is 12.0. The third kappa shape index (κ3) is 2.80. The molecule has 0 radical (unpaired) electrons. The Hall–Kier alpha value is -1.47. The maximum Gasteiger partial charge on any atom is 0.342 e. The van der Waals surface area contributed by atoms with Crippen LogP contribution in [0.15, 0.2) is 6.20 Å². The predicted molar refractivity (Wildman–Crippen MR) is 60.9 cm³/mol. The largest absolute Gasteiger partial charge is 0.379 e. The number of nitrogens with zero attached hydrogens (tertiary/aromatic N) is 4. The van der Waals surface area contributed by atoms with Crippen LogP contribution in [0.1, 0.15) is 5.82 Å². The van der Waals surface area contributed by atoms with Crippen molar-refractivity contribution in [3.8, 4) is 0 Å². The van der Waals surface area contributed by atoms with Crippen LogP contribution in [-0.4, -0.2) is 52.2 Å². The molecule has 7 heteroatoms. The average molecular weight is 240 g/mol. The van der Waals surface area contributed by atoms with Gasteiger partial charge in [-0.05, 0) is 4.92 Å². The number of aryl methyl sites for hydroxylation is 1. The number of imidazole rings is 1. The van der Waals surface area contributed by atoms with Gasteiger partial charge in [0.1, 0.15) is 12.7 Å². The fourth-order valence-electron chi connectivity index (χ4n) is 1.94. The highest BCUT2D eigenvalue weighted by atomic mass is 16.6. The van der Waals surface area contributed by atoms with E-state index in [9.17, 15) is 10.1 Å². The maximum absolute atomic E-state index is 10.8. The lowest BCUT2D eigenvalue weighted by atomic mass is 10.4. The Morgan fingerprint density at radius 1 is 1.47 bits per heavy atom. The zero-order chi connectivity index (χ0) is 12.3. The van der Waals surface area contributed by atoms with Gasteiger partial charge in [0.2, 0.25) is 0 Å². The van der Waals surface area contributed by atoms with Gasteiger partial charge in [-0.2, -0.15) is 0 Å². The van der Waals surface area contributed by atoms with E-state index in [4.69, 9.17) is 4.74 Å². The van der Waals surface area contributed by atoms with Crippen LogP contribution in [-0.2, 0) is 11.3 Å². The van der Waals surface area contributed by atoms with E-state index in [-0.39, 0.29) is 10.7 Å². The van der Waals surface area contributed by atoms with E-state index in [1.54, 1.807) is 11.5 Å². The van der Waals surface area contributed by atoms with Crippen molar-refractivity contribution in [3.05, 3.63) is 22.1 Å². The molecule has 0 saturated carbocycles. The van der Waals surface area contributed by atoms with Crippen LogP contribution in [0, 0.1) is 17.0 Å². The minimum atomic E-state index is -0.390. The first-order chi connectivity index (χ1) is 8.18. The van der Waals surface area contributed by atoms with Crippen molar-refractivity contribution in [3.63, 3.8) is 0 Å². The number of rotatable bonds is 4. The summed E-state index contributed by atoms with van der Waals surface area (Å²) in [6.45, 7) is 6.44. The van der Waals surface area contributed by atoms with Gasteiger partial charge in [0.15, 0.2) is 5.82 Å². The standard InChI is InChI=1S/C10H16N4O3/c1-9-11-8-10(14(15)16)13(9)3-2-12-4-6-17-7-5-12/h8H,2-7H2,1H3. The second kappa shape index (κ2) is 5.24. The van der Waals surface area contributed by atoms with Crippen LogP contribution in [0.5, 0.6) is 0 Å². The molecular weight excluding hydrogens is 224 g/mol. The number of hydrogen-bond acceptors (Lipinski definition) is 5. The van der Waals surface area contributed by atoms with Crippen LogP contribution in [0.2, 0.25) is 0 Å². The van der Waals surface area contributed by atoms with Crippen LogP contribution >= 0.6 is 0 Å². The fourth-order valence-corrected chi connectivity index (χ4v) is 1.94. The number of nitro groups is 1. The predicted octanol–water partition coefficient (Wildman–Crippen LogP) is 0.432. The highest BCUT2D eigenvalue weighted by Crippen LogP contribution is 2.13. The van der Waals surface area contributed by atoms with E-state index in [2.05, 4.69) is 9.88 Å². The van der Waals surface area contributed by atoms with E-state index < -0.39 is 0 Å². The second-order valence-electron chi connectivity index (χ2n) is 4.03. The number of aromatic nitrogens is 2. The molecule has 0 spiro atoms.